The van der Waals surface area contributed by atoms with Gasteiger partial charge < -0.3 is 21.1 Å². The molecule has 1 aliphatic rings. The van der Waals surface area contributed by atoms with Crippen molar-refractivity contribution < 1.29 is 14.3 Å². The smallest absolute Gasteiger partial charge is 0.251 e. The highest BCUT2D eigenvalue weighted by atomic mass is 16.5. The predicted octanol–water partition coefficient (Wildman–Crippen LogP) is 1.84. The van der Waals surface area contributed by atoms with Crippen molar-refractivity contribution in [3.63, 3.8) is 0 Å². The average Bonchev–Trinajstić information content (AvgIpc) is 2.60. The first kappa shape index (κ1) is 16.0. The number of ether oxygens (including phenoxy) is 1. The van der Waals surface area contributed by atoms with Crippen LogP contribution in [0, 0.1) is 0 Å². The highest BCUT2D eigenvalue weighted by Crippen LogP contribution is 2.30. The van der Waals surface area contributed by atoms with Crippen molar-refractivity contribution in [1.29, 1.82) is 0 Å². The van der Waals surface area contributed by atoms with Crippen LogP contribution < -0.4 is 21.1 Å². The van der Waals surface area contributed by atoms with Crippen molar-refractivity contribution in [2.75, 3.05) is 18.5 Å². The van der Waals surface area contributed by atoms with E-state index < -0.39 is 0 Å². The molecule has 0 aliphatic carbocycles. The number of amides is 2. The van der Waals surface area contributed by atoms with E-state index in [-0.39, 0.29) is 24.3 Å². The molecule has 1 atom stereocenters. The molecule has 3 rings (SSSR count). The first-order valence-corrected chi connectivity index (χ1v) is 7.80. The topological polar surface area (TPSA) is 93.4 Å². The maximum atomic E-state index is 12.5. The molecule has 0 aromatic heterocycles. The molecule has 0 saturated carbocycles. The van der Waals surface area contributed by atoms with Crippen molar-refractivity contribution in [2.45, 2.75) is 12.5 Å². The van der Waals surface area contributed by atoms with Crippen LogP contribution >= 0.6 is 0 Å². The lowest BCUT2D eigenvalue weighted by Crippen LogP contribution is -2.35. The summed E-state index contributed by atoms with van der Waals surface area (Å²) in [4.78, 5) is 24.4. The summed E-state index contributed by atoms with van der Waals surface area (Å²) < 4.78 is 5.44. The number of carbonyl (C=O) groups excluding carboxylic acids is 2. The zero-order valence-electron chi connectivity index (χ0n) is 13.1. The summed E-state index contributed by atoms with van der Waals surface area (Å²) in [5.41, 5.74) is 7.53. The van der Waals surface area contributed by atoms with Crippen LogP contribution in [-0.4, -0.2) is 25.0 Å². The first-order chi connectivity index (χ1) is 11.7. The number of nitrogens with two attached hydrogens (primary N) is 1. The largest absolute Gasteiger partial charge is 0.492 e. The monoisotopic (exact) mass is 325 g/mol. The quantitative estimate of drug-likeness (QED) is 0.782. The van der Waals surface area contributed by atoms with E-state index in [0.29, 0.717) is 24.5 Å². The van der Waals surface area contributed by atoms with E-state index in [4.69, 9.17) is 10.5 Å². The number of benzene rings is 2. The maximum Gasteiger partial charge on any atom is 0.251 e. The fourth-order valence-corrected chi connectivity index (χ4v) is 2.69. The summed E-state index contributed by atoms with van der Waals surface area (Å²) in [6.07, 6.45) is 0.214. The van der Waals surface area contributed by atoms with E-state index in [2.05, 4.69) is 10.6 Å². The zero-order valence-corrected chi connectivity index (χ0v) is 13.1. The lowest BCUT2D eigenvalue weighted by Gasteiger charge is -2.26. The first-order valence-electron chi connectivity index (χ1n) is 7.80. The van der Waals surface area contributed by atoms with Gasteiger partial charge >= 0.3 is 0 Å². The van der Waals surface area contributed by atoms with Gasteiger partial charge in [-0.3, -0.25) is 9.59 Å². The van der Waals surface area contributed by atoms with Gasteiger partial charge in [0.1, 0.15) is 12.4 Å². The summed E-state index contributed by atoms with van der Waals surface area (Å²) >= 11 is 0. The molecule has 2 amide bonds. The summed E-state index contributed by atoms with van der Waals surface area (Å²) in [5, 5.41) is 5.74. The van der Waals surface area contributed by atoms with Crippen LogP contribution in [0.15, 0.2) is 48.5 Å². The molecule has 0 unspecified atom stereocenters. The van der Waals surface area contributed by atoms with Gasteiger partial charge in [0.25, 0.3) is 5.91 Å². The summed E-state index contributed by atoms with van der Waals surface area (Å²) in [5.74, 6) is 0.233. The summed E-state index contributed by atoms with van der Waals surface area (Å²) in [6.45, 7) is 0.797. The zero-order chi connectivity index (χ0) is 16.9. The lowest BCUT2D eigenvalue weighted by atomic mass is 9.97. The molecule has 6 nitrogen and oxygen atoms in total. The standard InChI is InChI=1S/C18H19N3O3/c19-8-9-24-13-5-3-4-12(10-13)18(23)21-16-11-17(22)20-15-7-2-1-6-14(15)16/h1-7,10,16H,8-9,11,19H2,(H,20,22)(H,21,23)/t16-/m1/s1. The number of hydrogen-bond acceptors (Lipinski definition) is 4. The molecule has 124 valence electrons. The van der Waals surface area contributed by atoms with E-state index >= 15 is 0 Å². The molecule has 2 aromatic carbocycles. The van der Waals surface area contributed by atoms with Gasteiger partial charge in [-0.1, -0.05) is 24.3 Å². The fraction of sp³-hybridized carbons (Fsp3) is 0.222. The third kappa shape index (κ3) is 3.55. The molecule has 1 aliphatic heterocycles. The predicted molar refractivity (Wildman–Crippen MR) is 90.9 cm³/mol. The minimum Gasteiger partial charge on any atom is -0.492 e. The third-order valence-corrected chi connectivity index (χ3v) is 3.79. The number of anilines is 1. The number of para-hydroxylation sites is 1. The second kappa shape index (κ2) is 7.14. The molecule has 4 N–H and O–H groups in total. The minimum atomic E-state index is -0.351. The molecule has 0 spiro atoms. The number of fused-ring (bicyclic) bond motifs is 1. The normalized spacial score (nSPS) is 16.0. The maximum absolute atomic E-state index is 12.5. The van der Waals surface area contributed by atoms with E-state index in [1.54, 1.807) is 24.3 Å². The van der Waals surface area contributed by atoms with Gasteiger partial charge in [0.15, 0.2) is 0 Å². The van der Waals surface area contributed by atoms with E-state index in [0.717, 1.165) is 11.3 Å². The summed E-state index contributed by atoms with van der Waals surface area (Å²) in [6, 6.07) is 14.0. The highest BCUT2D eigenvalue weighted by molar-refractivity contribution is 5.98. The van der Waals surface area contributed by atoms with Crippen molar-refractivity contribution in [1.82, 2.24) is 5.32 Å². The number of rotatable bonds is 5. The Morgan fingerprint density at radius 1 is 1.25 bits per heavy atom. The Labute approximate surface area is 140 Å². The van der Waals surface area contributed by atoms with Crippen molar-refractivity contribution in [3.8, 4) is 5.75 Å². The third-order valence-electron chi connectivity index (χ3n) is 3.79. The fourth-order valence-electron chi connectivity index (χ4n) is 2.69. The molecule has 1 heterocycles. The van der Waals surface area contributed by atoms with Crippen LogP contribution in [0.5, 0.6) is 5.75 Å². The van der Waals surface area contributed by atoms with Gasteiger partial charge in [-0.25, -0.2) is 0 Å². The van der Waals surface area contributed by atoms with Gasteiger partial charge in [-0.15, -0.1) is 0 Å². The SMILES string of the molecule is NCCOc1cccc(C(=O)N[C@@H]2CC(=O)Nc3ccccc32)c1. The van der Waals surface area contributed by atoms with Crippen LogP contribution in [0.1, 0.15) is 28.4 Å². The molecule has 0 saturated heterocycles. The molecular weight excluding hydrogens is 306 g/mol. The lowest BCUT2D eigenvalue weighted by molar-refractivity contribution is -0.116. The van der Waals surface area contributed by atoms with Gasteiger partial charge in [-0.2, -0.15) is 0 Å². The van der Waals surface area contributed by atoms with Crippen molar-refractivity contribution in [2.24, 2.45) is 5.73 Å². The number of carbonyl (C=O) groups is 2. The van der Waals surface area contributed by atoms with Gasteiger partial charge in [0.05, 0.1) is 12.5 Å². The Morgan fingerprint density at radius 3 is 2.92 bits per heavy atom. The molecule has 2 aromatic rings. The van der Waals surface area contributed by atoms with Gasteiger partial charge in [0.2, 0.25) is 5.91 Å². The molecule has 24 heavy (non-hydrogen) atoms. The van der Waals surface area contributed by atoms with Crippen LogP contribution in [0.25, 0.3) is 0 Å². The van der Waals surface area contributed by atoms with Crippen LogP contribution in [-0.2, 0) is 4.79 Å². The van der Waals surface area contributed by atoms with Crippen LogP contribution in [0.4, 0.5) is 5.69 Å². The molecule has 0 bridgehead atoms. The van der Waals surface area contributed by atoms with Crippen LogP contribution in [0.2, 0.25) is 0 Å². The summed E-state index contributed by atoms with van der Waals surface area (Å²) in [7, 11) is 0. The van der Waals surface area contributed by atoms with Crippen molar-refractivity contribution >= 4 is 17.5 Å². The van der Waals surface area contributed by atoms with Gasteiger partial charge in [0, 0.05) is 17.8 Å². The second-order valence-electron chi connectivity index (χ2n) is 5.53. The van der Waals surface area contributed by atoms with Crippen molar-refractivity contribution in [3.05, 3.63) is 59.7 Å². The second-order valence-corrected chi connectivity index (χ2v) is 5.53. The Balaban J connectivity index is 1.76. The number of nitrogens with one attached hydrogen (secondary N) is 2. The molecule has 0 fully saturated rings. The van der Waals surface area contributed by atoms with E-state index in [1.807, 2.05) is 24.3 Å². The average molecular weight is 325 g/mol. The number of hydrogen-bond donors (Lipinski definition) is 3. The Bertz CT molecular complexity index is 761. The molecule has 0 radical (unpaired) electrons. The van der Waals surface area contributed by atoms with Crippen LogP contribution in [0.3, 0.4) is 0 Å². The minimum absolute atomic E-state index is 0.112. The molecular formula is C18H19N3O3. The van der Waals surface area contributed by atoms with Gasteiger partial charge in [-0.05, 0) is 29.8 Å². The Morgan fingerprint density at radius 2 is 2.08 bits per heavy atom. The van der Waals surface area contributed by atoms with E-state index in [9.17, 15) is 9.59 Å². The Kier molecular flexibility index (Phi) is 4.77. The Hall–Kier alpha value is -2.86. The highest BCUT2D eigenvalue weighted by Gasteiger charge is 2.26. The van der Waals surface area contributed by atoms with E-state index in [1.165, 1.54) is 0 Å². The molecule has 6 heteroatoms.